The molecule has 0 fully saturated rings. The summed E-state index contributed by atoms with van der Waals surface area (Å²) < 4.78 is 34.1. The number of hydrogen-bond acceptors (Lipinski definition) is 7. The molecule has 272 valence electrons. The molecule has 0 rings (SSSR count). The highest BCUT2D eigenvalue weighted by molar-refractivity contribution is 7.47. The number of nitrogens with zero attached hydrogens (tertiary/aromatic N) is 1. The minimum absolute atomic E-state index is 0.0326. The van der Waals surface area contributed by atoms with Crippen molar-refractivity contribution in [3.63, 3.8) is 0 Å². The Labute approximate surface area is 282 Å². The van der Waals surface area contributed by atoms with E-state index in [2.05, 4.69) is 26.0 Å². The van der Waals surface area contributed by atoms with Crippen molar-refractivity contribution < 1.29 is 42.1 Å². The highest BCUT2D eigenvalue weighted by Gasteiger charge is 2.27. The van der Waals surface area contributed by atoms with E-state index in [9.17, 15) is 19.0 Å². The van der Waals surface area contributed by atoms with Crippen LogP contribution in [-0.4, -0.2) is 74.9 Å². The average molecular weight is 677 g/mol. The predicted molar refractivity (Wildman–Crippen MR) is 188 cm³/mol. The molecule has 9 nitrogen and oxygen atoms in total. The van der Waals surface area contributed by atoms with Gasteiger partial charge in [-0.15, -0.1) is 0 Å². The lowest BCUT2D eigenvalue weighted by atomic mass is 10.1. The molecular weight excluding hydrogens is 605 g/mol. The Morgan fingerprint density at radius 3 is 1.67 bits per heavy atom. The van der Waals surface area contributed by atoms with E-state index in [1.165, 1.54) is 64.2 Å². The van der Waals surface area contributed by atoms with Crippen LogP contribution in [0.1, 0.15) is 155 Å². The molecule has 0 spiro atoms. The van der Waals surface area contributed by atoms with Crippen molar-refractivity contribution >= 4 is 19.8 Å². The monoisotopic (exact) mass is 676 g/mol. The molecule has 2 atom stereocenters. The van der Waals surface area contributed by atoms with Gasteiger partial charge in [-0.2, -0.15) is 0 Å². The fourth-order valence-corrected chi connectivity index (χ4v) is 5.56. The van der Waals surface area contributed by atoms with Gasteiger partial charge >= 0.3 is 19.8 Å². The summed E-state index contributed by atoms with van der Waals surface area (Å²) in [7, 11) is 1.47. The van der Waals surface area contributed by atoms with Gasteiger partial charge in [-0.3, -0.25) is 18.6 Å². The summed E-state index contributed by atoms with van der Waals surface area (Å²) in [6, 6.07) is 0. The minimum atomic E-state index is -4.36. The predicted octanol–water partition coefficient (Wildman–Crippen LogP) is 9.46. The molecule has 0 aliphatic carbocycles. The minimum Gasteiger partial charge on any atom is -0.462 e. The van der Waals surface area contributed by atoms with Gasteiger partial charge in [0, 0.05) is 12.8 Å². The van der Waals surface area contributed by atoms with Crippen molar-refractivity contribution in [1.82, 2.24) is 0 Å². The van der Waals surface area contributed by atoms with Crippen LogP contribution in [0.4, 0.5) is 0 Å². The smallest absolute Gasteiger partial charge is 0.462 e. The largest absolute Gasteiger partial charge is 0.472 e. The Morgan fingerprint density at radius 1 is 0.652 bits per heavy atom. The van der Waals surface area contributed by atoms with Gasteiger partial charge in [0.2, 0.25) is 0 Å². The molecule has 0 aliphatic rings. The molecule has 1 unspecified atom stereocenters. The van der Waals surface area contributed by atoms with Gasteiger partial charge in [0.05, 0.1) is 27.7 Å². The summed E-state index contributed by atoms with van der Waals surface area (Å²) in [4.78, 5) is 35.0. The maximum absolute atomic E-state index is 12.6. The Hall–Kier alpha value is -1.25. The molecule has 1 N–H and O–H groups in total. The van der Waals surface area contributed by atoms with Gasteiger partial charge in [-0.25, -0.2) is 4.57 Å². The van der Waals surface area contributed by atoms with Crippen molar-refractivity contribution in [3.8, 4) is 0 Å². The normalized spacial score (nSPS) is 14.0. The van der Waals surface area contributed by atoms with E-state index in [0.717, 1.165) is 57.8 Å². The third-order valence-electron chi connectivity index (χ3n) is 7.80. The van der Waals surface area contributed by atoms with Crippen LogP contribution in [0.25, 0.3) is 0 Å². The van der Waals surface area contributed by atoms with Crippen molar-refractivity contribution in [2.45, 2.75) is 161 Å². The molecule has 0 aromatic heterocycles. The second-order valence-electron chi connectivity index (χ2n) is 13.6. The number of quaternary nitrogens is 1. The first kappa shape index (κ1) is 44.8. The van der Waals surface area contributed by atoms with E-state index in [4.69, 9.17) is 18.5 Å². The van der Waals surface area contributed by atoms with Crippen LogP contribution in [-0.2, 0) is 32.7 Å². The first-order valence-corrected chi connectivity index (χ1v) is 19.9. The maximum atomic E-state index is 12.6. The highest BCUT2D eigenvalue weighted by Crippen LogP contribution is 2.43. The van der Waals surface area contributed by atoms with Gasteiger partial charge in [0.1, 0.15) is 19.8 Å². The number of carbonyl (C=O) groups excluding carboxylic acids is 2. The second-order valence-corrected chi connectivity index (χ2v) is 15.1. The van der Waals surface area contributed by atoms with Gasteiger partial charge < -0.3 is 18.9 Å². The third kappa shape index (κ3) is 32.7. The van der Waals surface area contributed by atoms with Gasteiger partial charge in [-0.05, 0) is 32.1 Å². The number of carbonyl (C=O) groups is 2. The Balaban J connectivity index is 4.47. The summed E-state index contributed by atoms with van der Waals surface area (Å²) in [5.41, 5.74) is 0. The van der Waals surface area contributed by atoms with Crippen LogP contribution in [0.5, 0.6) is 0 Å². The molecule has 0 saturated carbocycles. The number of esters is 2. The van der Waals surface area contributed by atoms with Crippen molar-refractivity contribution in [1.29, 1.82) is 0 Å². The quantitative estimate of drug-likeness (QED) is 0.0241. The molecule has 0 heterocycles. The molecule has 0 aromatic carbocycles. The summed E-state index contributed by atoms with van der Waals surface area (Å²) in [6.07, 6.45) is 26.9. The number of ether oxygens (including phenoxy) is 2. The van der Waals surface area contributed by atoms with Crippen LogP contribution < -0.4 is 0 Å². The van der Waals surface area contributed by atoms with Crippen molar-refractivity contribution in [2.75, 3.05) is 47.5 Å². The topological polar surface area (TPSA) is 108 Å². The molecule has 0 bridgehead atoms. The lowest BCUT2D eigenvalue weighted by Crippen LogP contribution is -2.37. The zero-order chi connectivity index (χ0) is 34.4. The van der Waals surface area contributed by atoms with E-state index in [1.807, 2.05) is 21.1 Å². The average Bonchev–Trinajstić information content (AvgIpc) is 2.99. The Bertz CT molecular complexity index is 814. The van der Waals surface area contributed by atoms with Gasteiger partial charge in [0.25, 0.3) is 0 Å². The Kier molecular flexibility index (Phi) is 29.0. The van der Waals surface area contributed by atoms with Crippen LogP contribution >= 0.6 is 7.82 Å². The van der Waals surface area contributed by atoms with Crippen LogP contribution in [0.2, 0.25) is 0 Å². The molecule has 0 aliphatic heterocycles. The standard InChI is InChI=1S/C36H70NO8P/c1-6-8-10-12-14-16-18-20-22-24-26-28-35(38)42-32-34(33-44-46(40,41)43-31-30-37(3,4)5)45-36(39)29-27-25-23-21-19-17-15-13-11-9-7-2/h13,15,34H,6-12,14,16-33H2,1-5H3/p+1/b15-13+/t34-/m0/s1. The lowest BCUT2D eigenvalue weighted by Gasteiger charge is -2.24. The summed E-state index contributed by atoms with van der Waals surface area (Å²) in [5.74, 6) is -0.809. The Morgan fingerprint density at radius 2 is 1.13 bits per heavy atom. The summed E-state index contributed by atoms with van der Waals surface area (Å²) >= 11 is 0. The zero-order valence-corrected chi connectivity index (χ0v) is 31.2. The number of rotatable bonds is 33. The molecule has 0 radical (unpaired) electrons. The van der Waals surface area contributed by atoms with Crippen LogP contribution in [0, 0.1) is 0 Å². The molecule has 0 saturated heterocycles. The summed E-state index contributed by atoms with van der Waals surface area (Å²) in [5, 5.41) is 0. The van der Waals surface area contributed by atoms with Gasteiger partial charge in [0.15, 0.2) is 6.10 Å². The fourth-order valence-electron chi connectivity index (χ4n) is 4.82. The number of unbranched alkanes of at least 4 members (excludes halogenated alkanes) is 17. The molecule has 10 heteroatoms. The maximum Gasteiger partial charge on any atom is 0.472 e. The molecule has 0 amide bonds. The number of likely N-dealkylation sites (N-methyl/N-ethyl adjacent to an activating group) is 1. The molecular formula is C36H71NO8P+. The zero-order valence-electron chi connectivity index (χ0n) is 30.3. The highest BCUT2D eigenvalue weighted by atomic mass is 31.2. The van der Waals surface area contributed by atoms with Crippen molar-refractivity contribution in [3.05, 3.63) is 12.2 Å². The number of hydrogen-bond donors (Lipinski definition) is 1. The second kappa shape index (κ2) is 29.9. The number of allylic oxidation sites excluding steroid dienone is 2. The SMILES string of the molecule is CCCC/C=C/CCCCCCCC(=O)O[C@@H](COC(=O)CCCCCCCCCCCCC)COP(=O)(O)OCC[N+](C)(C)C. The molecule has 0 aromatic rings. The first-order valence-electron chi connectivity index (χ1n) is 18.4. The lowest BCUT2D eigenvalue weighted by molar-refractivity contribution is -0.870. The summed E-state index contributed by atoms with van der Waals surface area (Å²) in [6.45, 7) is 4.35. The van der Waals surface area contributed by atoms with Crippen LogP contribution in [0.15, 0.2) is 12.2 Å². The number of phosphoric ester groups is 1. The van der Waals surface area contributed by atoms with Crippen LogP contribution in [0.3, 0.4) is 0 Å². The van der Waals surface area contributed by atoms with E-state index < -0.39 is 26.5 Å². The van der Waals surface area contributed by atoms with E-state index in [-0.39, 0.29) is 25.6 Å². The number of phosphoric acid groups is 1. The first-order chi connectivity index (χ1) is 22.0. The van der Waals surface area contributed by atoms with E-state index >= 15 is 0 Å². The third-order valence-corrected chi connectivity index (χ3v) is 8.78. The van der Waals surface area contributed by atoms with Gasteiger partial charge in [-0.1, -0.05) is 122 Å². The molecule has 46 heavy (non-hydrogen) atoms. The fraction of sp³-hybridized carbons (Fsp3) is 0.889. The van der Waals surface area contributed by atoms with E-state index in [1.54, 1.807) is 0 Å². The van der Waals surface area contributed by atoms with E-state index in [0.29, 0.717) is 23.9 Å². The van der Waals surface area contributed by atoms with Crippen molar-refractivity contribution in [2.24, 2.45) is 0 Å².